The van der Waals surface area contributed by atoms with Crippen molar-refractivity contribution in [3.63, 3.8) is 0 Å². The molecule has 3 rings (SSSR count). The minimum atomic E-state index is -3.17. The average Bonchev–Trinajstić information content (AvgIpc) is 3.25. The van der Waals surface area contributed by atoms with Crippen molar-refractivity contribution in [1.82, 2.24) is 10.2 Å². The fraction of sp³-hybridized carbons (Fsp3) is 0.389. The Kier molecular flexibility index (Phi) is 5.27. The van der Waals surface area contributed by atoms with Gasteiger partial charge in [0.05, 0.1) is 5.75 Å². The lowest BCUT2D eigenvalue weighted by molar-refractivity contribution is 0.0938. The average molecular weight is 379 g/mol. The van der Waals surface area contributed by atoms with E-state index in [0.29, 0.717) is 9.77 Å². The van der Waals surface area contributed by atoms with Crippen LogP contribution in [0.15, 0.2) is 40.6 Å². The van der Waals surface area contributed by atoms with Crippen molar-refractivity contribution in [2.45, 2.75) is 23.6 Å². The highest BCUT2D eigenvalue weighted by Gasteiger charge is 2.21. The molecule has 0 bridgehead atoms. The van der Waals surface area contributed by atoms with Crippen LogP contribution in [0.1, 0.15) is 23.7 Å². The van der Waals surface area contributed by atoms with Crippen LogP contribution in [0.4, 0.5) is 0 Å². The third-order valence-corrected chi connectivity index (χ3v) is 7.88. The minimum Gasteiger partial charge on any atom is -0.348 e. The van der Waals surface area contributed by atoms with Gasteiger partial charge in [0.25, 0.3) is 5.91 Å². The lowest BCUT2D eigenvalue weighted by Gasteiger charge is -2.13. The molecule has 1 atom stereocenters. The van der Waals surface area contributed by atoms with Crippen LogP contribution in [0.5, 0.6) is 0 Å². The van der Waals surface area contributed by atoms with E-state index >= 15 is 0 Å². The molecular weight excluding hydrogens is 356 g/mol. The number of hydrogen-bond acceptors (Lipinski definition) is 5. The normalized spacial score (nSPS) is 18.4. The molecule has 1 saturated heterocycles. The Bertz CT molecular complexity index is 857. The quantitative estimate of drug-likeness (QED) is 0.869. The monoisotopic (exact) mass is 378 g/mol. The topological polar surface area (TPSA) is 66.5 Å². The van der Waals surface area contributed by atoms with Gasteiger partial charge in [-0.2, -0.15) is 0 Å². The zero-order valence-corrected chi connectivity index (χ0v) is 16.0. The van der Waals surface area contributed by atoms with Crippen molar-refractivity contribution < 1.29 is 13.2 Å². The molecule has 0 spiro atoms. The second-order valence-electron chi connectivity index (χ2n) is 6.32. The van der Waals surface area contributed by atoms with E-state index in [-0.39, 0.29) is 17.7 Å². The molecule has 0 radical (unpaired) electrons. The summed E-state index contributed by atoms with van der Waals surface area (Å²) in [7, 11) is -1.12. The van der Waals surface area contributed by atoms with Gasteiger partial charge < -0.3 is 10.2 Å². The molecule has 7 heteroatoms. The van der Waals surface area contributed by atoms with Gasteiger partial charge in [-0.15, -0.1) is 11.3 Å². The Labute approximate surface area is 152 Å². The van der Waals surface area contributed by atoms with Crippen LogP contribution in [0.25, 0.3) is 10.4 Å². The van der Waals surface area contributed by atoms with E-state index in [1.165, 1.54) is 11.3 Å². The molecule has 1 aromatic heterocycles. The molecule has 0 aliphatic carbocycles. The van der Waals surface area contributed by atoms with Crippen LogP contribution < -0.4 is 5.32 Å². The van der Waals surface area contributed by atoms with Crippen molar-refractivity contribution in [3.8, 4) is 10.4 Å². The zero-order valence-electron chi connectivity index (χ0n) is 14.4. The molecule has 1 N–H and O–H groups in total. The number of hydrogen-bond donors (Lipinski definition) is 1. The second-order valence-corrected chi connectivity index (χ2v) is 9.91. The highest BCUT2D eigenvalue weighted by atomic mass is 32.2. The summed E-state index contributed by atoms with van der Waals surface area (Å²) in [4.78, 5) is 15.4. The molecule has 0 unspecified atom stereocenters. The maximum Gasteiger partial charge on any atom is 0.251 e. The standard InChI is InChI=1S/C18H22N2O3S2/c1-3-25(22,23)17-9-8-16(24-17)13-4-6-14(7-5-13)18(21)19-15-10-11-20(2)12-15/h4-9,15H,3,10-12H2,1-2H3,(H,19,21)/t15-/m1/s1. The summed E-state index contributed by atoms with van der Waals surface area (Å²) in [5, 5.41) is 3.06. The van der Waals surface area contributed by atoms with E-state index in [9.17, 15) is 13.2 Å². The van der Waals surface area contributed by atoms with Crippen molar-refractivity contribution in [1.29, 1.82) is 0 Å². The van der Waals surface area contributed by atoms with Crippen molar-refractivity contribution in [2.24, 2.45) is 0 Å². The molecule has 0 saturated carbocycles. The predicted molar refractivity (Wildman–Crippen MR) is 101 cm³/mol. The Morgan fingerprint density at radius 2 is 1.96 bits per heavy atom. The number of likely N-dealkylation sites (tertiary alicyclic amines) is 1. The number of likely N-dealkylation sites (N-methyl/N-ethyl adjacent to an activating group) is 1. The van der Waals surface area contributed by atoms with Crippen LogP contribution in [0, 0.1) is 0 Å². The summed E-state index contributed by atoms with van der Waals surface area (Å²) in [6.07, 6.45) is 0.976. The third-order valence-electron chi connectivity index (χ3n) is 4.43. The number of benzene rings is 1. The van der Waals surface area contributed by atoms with Crippen molar-refractivity contribution in [3.05, 3.63) is 42.0 Å². The highest BCUT2D eigenvalue weighted by molar-refractivity contribution is 7.93. The predicted octanol–water partition coefficient (Wildman–Crippen LogP) is 2.64. The summed E-state index contributed by atoms with van der Waals surface area (Å²) in [6, 6.07) is 11.0. The molecule has 2 aromatic rings. The molecule has 2 heterocycles. The van der Waals surface area contributed by atoms with Crippen LogP contribution >= 0.6 is 11.3 Å². The summed E-state index contributed by atoms with van der Waals surface area (Å²) in [5.41, 5.74) is 1.54. The van der Waals surface area contributed by atoms with Gasteiger partial charge in [-0.1, -0.05) is 19.1 Å². The Morgan fingerprint density at radius 1 is 1.24 bits per heavy atom. The second kappa shape index (κ2) is 7.27. The number of rotatable bonds is 5. The lowest BCUT2D eigenvalue weighted by atomic mass is 10.1. The first kappa shape index (κ1) is 18.1. The van der Waals surface area contributed by atoms with E-state index in [1.54, 1.807) is 25.1 Å². The Hall–Kier alpha value is -1.70. The zero-order chi connectivity index (χ0) is 18.0. The van der Waals surface area contributed by atoms with Gasteiger partial charge in [-0.25, -0.2) is 8.42 Å². The number of sulfone groups is 1. The van der Waals surface area contributed by atoms with E-state index < -0.39 is 9.84 Å². The van der Waals surface area contributed by atoms with Crippen molar-refractivity contribution >= 4 is 27.1 Å². The van der Waals surface area contributed by atoms with Crippen LogP contribution in [-0.2, 0) is 9.84 Å². The van der Waals surface area contributed by atoms with E-state index in [2.05, 4.69) is 17.3 Å². The van der Waals surface area contributed by atoms with Crippen LogP contribution in [-0.4, -0.2) is 51.2 Å². The first-order valence-electron chi connectivity index (χ1n) is 8.31. The lowest BCUT2D eigenvalue weighted by Crippen LogP contribution is -2.36. The molecule has 5 nitrogen and oxygen atoms in total. The minimum absolute atomic E-state index is 0.0627. The molecular formula is C18H22N2O3S2. The molecule has 1 fully saturated rings. The van der Waals surface area contributed by atoms with Crippen molar-refractivity contribution in [2.75, 3.05) is 25.9 Å². The molecule has 1 aromatic carbocycles. The summed E-state index contributed by atoms with van der Waals surface area (Å²) >= 11 is 1.26. The fourth-order valence-electron chi connectivity index (χ4n) is 2.89. The first-order valence-corrected chi connectivity index (χ1v) is 10.8. The van der Waals surface area contributed by atoms with Gasteiger partial charge in [-0.05, 0) is 49.8 Å². The number of nitrogens with one attached hydrogen (secondary N) is 1. The fourth-order valence-corrected chi connectivity index (χ4v) is 5.33. The molecule has 1 aliphatic heterocycles. The number of carbonyl (C=O) groups excluding carboxylic acids is 1. The van der Waals surface area contributed by atoms with Crippen LogP contribution in [0.3, 0.4) is 0 Å². The van der Waals surface area contributed by atoms with E-state index in [0.717, 1.165) is 30.0 Å². The Balaban J connectivity index is 1.71. The Morgan fingerprint density at radius 3 is 2.56 bits per heavy atom. The number of amides is 1. The summed E-state index contributed by atoms with van der Waals surface area (Å²) < 4.78 is 24.2. The maximum atomic E-state index is 12.3. The molecule has 1 aliphatic rings. The van der Waals surface area contributed by atoms with Gasteiger partial charge in [0.2, 0.25) is 0 Å². The molecule has 134 valence electrons. The first-order chi connectivity index (χ1) is 11.9. The maximum absolute atomic E-state index is 12.3. The number of thiophene rings is 1. The number of nitrogens with zero attached hydrogens (tertiary/aromatic N) is 1. The highest BCUT2D eigenvalue weighted by Crippen LogP contribution is 2.31. The molecule has 1 amide bonds. The van der Waals surface area contributed by atoms with E-state index in [4.69, 9.17) is 0 Å². The van der Waals surface area contributed by atoms with E-state index in [1.807, 2.05) is 18.2 Å². The van der Waals surface area contributed by atoms with Gasteiger partial charge >= 0.3 is 0 Å². The number of carbonyl (C=O) groups is 1. The van der Waals surface area contributed by atoms with Gasteiger partial charge in [0.1, 0.15) is 4.21 Å². The summed E-state index contributed by atoms with van der Waals surface area (Å²) in [5.74, 6) is 0.0369. The third kappa shape index (κ3) is 4.11. The van der Waals surface area contributed by atoms with Crippen LogP contribution in [0.2, 0.25) is 0 Å². The van der Waals surface area contributed by atoms with Gasteiger partial charge in [0, 0.05) is 23.0 Å². The molecule has 25 heavy (non-hydrogen) atoms. The summed E-state index contributed by atoms with van der Waals surface area (Å²) in [6.45, 7) is 3.53. The van der Waals surface area contributed by atoms with Gasteiger partial charge in [0.15, 0.2) is 9.84 Å². The largest absolute Gasteiger partial charge is 0.348 e. The SMILES string of the molecule is CCS(=O)(=O)c1ccc(-c2ccc(C(=O)N[C@@H]3CCN(C)C3)cc2)s1. The smallest absolute Gasteiger partial charge is 0.251 e. The van der Waals surface area contributed by atoms with Gasteiger partial charge in [-0.3, -0.25) is 4.79 Å².